The minimum atomic E-state index is -0.843. The van der Waals surface area contributed by atoms with Crippen LogP contribution in [0.2, 0.25) is 0 Å². The lowest BCUT2D eigenvalue weighted by Crippen LogP contribution is -2.35. The molecular weight excluding hydrogens is 256 g/mol. The molecule has 1 aromatic heterocycles. The van der Waals surface area contributed by atoms with Crippen molar-refractivity contribution in [2.75, 3.05) is 13.1 Å². The highest BCUT2D eigenvalue weighted by Crippen LogP contribution is 2.31. The standard InChI is InChI=1S/C15H16N2O3/c1-15(14(19)20)6-7-17(9-15)13(18)12-8-10-4-2-3-5-11(10)16-12/h2-5,8,16H,6-7,9H2,1H3,(H,19,20). The quantitative estimate of drug-likeness (QED) is 0.879. The van der Waals surface area contributed by atoms with Crippen molar-refractivity contribution < 1.29 is 14.7 Å². The van der Waals surface area contributed by atoms with Gasteiger partial charge in [-0.05, 0) is 25.5 Å². The van der Waals surface area contributed by atoms with Crippen LogP contribution in [-0.4, -0.2) is 40.0 Å². The van der Waals surface area contributed by atoms with Crippen LogP contribution in [0.3, 0.4) is 0 Å². The van der Waals surface area contributed by atoms with Gasteiger partial charge in [-0.1, -0.05) is 18.2 Å². The van der Waals surface area contributed by atoms with E-state index < -0.39 is 11.4 Å². The number of H-pyrrole nitrogens is 1. The maximum absolute atomic E-state index is 12.4. The van der Waals surface area contributed by atoms with E-state index in [9.17, 15) is 14.7 Å². The number of aromatic amines is 1. The van der Waals surface area contributed by atoms with Gasteiger partial charge in [-0.25, -0.2) is 0 Å². The summed E-state index contributed by atoms with van der Waals surface area (Å²) in [5.74, 6) is -0.976. The zero-order chi connectivity index (χ0) is 14.3. The van der Waals surface area contributed by atoms with Gasteiger partial charge in [0.2, 0.25) is 0 Å². The van der Waals surface area contributed by atoms with Crippen LogP contribution in [0.5, 0.6) is 0 Å². The van der Waals surface area contributed by atoms with Crippen molar-refractivity contribution in [3.8, 4) is 0 Å². The molecule has 1 aliphatic rings. The molecule has 1 amide bonds. The van der Waals surface area contributed by atoms with Gasteiger partial charge in [-0.3, -0.25) is 9.59 Å². The molecular formula is C15H16N2O3. The van der Waals surface area contributed by atoms with E-state index >= 15 is 0 Å². The third kappa shape index (κ3) is 1.95. The molecule has 5 heteroatoms. The molecule has 2 heterocycles. The highest BCUT2D eigenvalue weighted by atomic mass is 16.4. The SMILES string of the molecule is CC1(C(=O)O)CCN(C(=O)c2cc3ccccc3[nH]2)C1. The molecule has 0 spiro atoms. The van der Waals surface area contributed by atoms with E-state index in [2.05, 4.69) is 4.98 Å². The molecule has 1 atom stereocenters. The molecule has 1 saturated heterocycles. The number of carboxylic acids is 1. The van der Waals surface area contributed by atoms with E-state index in [0.29, 0.717) is 18.7 Å². The van der Waals surface area contributed by atoms with Crippen LogP contribution in [0.1, 0.15) is 23.8 Å². The fourth-order valence-corrected chi connectivity index (χ4v) is 2.67. The first-order valence-electron chi connectivity index (χ1n) is 6.60. The monoisotopic (exact) mass is 272 g/mol. The van der Waals surface area contributed by atoms with Crippen molar-refractivity contribution in [1.29, 1.82) is 0 Å². The van der Waals surface area contributed by atoms with Crippen LogP contribution in [0.4, 0.5) is 0 Å². The molecule has 2 aromatic rings. The second-order valence-electron chi connectivity index (χ2n) is 5.61. The first kappa shape index (κ1) is 12.7. The number of hydrogen-bond acceptors (Lipinski definition) is 2. The molecule has 0 aliphatic carbocycles. The summed E-state index contributed by atoms with van der Waals surface area (Å²) in [4.78, 5) is 28.4. The molecule has 1 unspecified atom stereocenters. The maximum atomic E-state index is 12.4. The Morgan fingerprint density at radius 1 is 1.35 bits per heavy atom. The molecule has 20 heavy (non-hydrogen) atoms. The predicted molar refractivity (Wildman–Crippen MR) is 74.6 cm³/mol. The molecule has 2 N–H and O–H groups in total. The molecule has 104 valence electrons. The number of amides is 1. The van der Waals surface area contributed by atoms with E-state index in [-0.39, 0.29) is 12.5 Å². The Kier molecular flexibility index (Phi) is 2.78. The summed E-state index contributed by atoms with van der Waals surface area (Å²) < 4.78 is 0. The Balaban J connectivity index is 1.85. The van der Waals surface area contributed by atoms with Crippen LogP contribution in [0, 0.1) is 5.41 Å². The third-order valence-corrected chi connectivity index (χ3v) is 4.04. The molecule has 5 nitrogen and oxygen atoms in total. The smallest absolute Gasteiger partial charge is 0.311 e. The van der Waals surface area contributed by atoms with E-state index in [1.807, 2.05) is 30.3 Å². The number of aromatic nitrogens is 1. The molecule has 3 rings (SSSR count). The molecule has 0 bridgehead atoms. The van der Waals surface area contributed by atoms with Crippen LogP contribution in [-0.2, 0) is 4.79 Å². The van der Waals surface area contributed by atoms with E-state index in [0.717, 1.165) is 10.9 Å². The highest BCUT2D eigenvalue weighted by molar-refractivity contribution is 5.98. The summed E-state index contributed by atoms with van der Waals surface area (Å²) in [6, 6.07) is 9.49. The second-order valence-corrected chi connectivity index (χ2v) is 5.61. The number of benzene rings is 1. The lowest BCUT2D eigenvalue weighted by molar-refractivity contribution is -0.147. The number of para-hydroxylation sites is 1. The van der Waals surface area contributed by atoms with Crippen molar-refractivity contribution in [3.05, 3.63) is 36.0 Å². The van der Waals surface area contributed by atoms with E-state index in [4.69, 9.17) is 0 Å². The zero-order valence-electron chi connectivity index (χ0n) is 11.2. The Bertz CT molecular complexity index is 658. The molecule has 0 radical (unpaired) electrons. The summed E-state index contributed by atoms with van der Waals surface area (Å²) in [5, 5.41) is 10.2. The molecule has 0 saturated carbocycles. The van der Waals surface area contributed by atoms with Gasteiger partial charge < -0.3 is 15.0 Å². The first-order valence-corrected chi connectivity index (χ1v) is 6.60. The Morgan fingerprint density at radius 3 is 2.75 bits per heavy atom. The number of carbonyl (C=O) groups excluding carboxylic acids is 1. The summed E-state index contributed by atoms with van der Waals surface area (Å²) in [7, 11) is 0. The van der Waals surface area contributed by atoms with Gasteiger partial charge in [-0.2, -0.15) is 0 Å². The Hall–Kier alpha value is -2.30. The number of fused-ring (bicyclic) bond motifs is 1. The topological polar surface area (TPSA) is 73.4 Å². The van der Waals surface area contributed by atoms with Crippen LogP contribution in [0.15, 0.2) is 30.3 Å². The Morgan fingerprint density at radius 2 is 2.10 bits per heavy atom. The number of aliphatic carboxylic acids is 1. The van der Waals surface area contributed by atoms with Gasteiger partial charge in [0.25, 0.3) is 5.91 Å². The van der Waals surface area contributed by atoms with Crippen molar-refractivity contribution in [3.63, 3.8) is 0 Å². The second kappa shape index (κ2) is 4.37. The first-order chi connectivity index (χ1) is 9.49. The number of carbonyl (C=O) groups is 2. The van der Waals surface area contributed by atoms with Gasteiger partial charge >= 0.3 is 5.97 Å². The summed E-state index contributed by atoms with van der Waals surface area (Å²) in [6.07, 6.45) is 0.494. The molecule has 1 fully saturated rings. The van der Waals surface area contributed by atoms with Gasteiger partial charge in [-0.15, -0.1) is 0 Å². The average molecular weight is 272 g/mol. The van der Waals surface area contributed by atoms with Gasteiger partial charge in [0, 0.05) is 24.0 Å². The van der Waals surface area contributed by atoms with Crippen molar-refractivity contribution in [1.82, 2.24) is 9.88 Å². The van der Waals surface area contributed by atoms with Crippen LogP contribution in [0.25, 0.3) is 10.9 Å². The number of rotatable bonds is 2. The minimum absolute atomic E-state index is 0.133. The van der Waals surface area contributed by atoms with Gasteiger partial charge in [0.1, 0.15) is 5.69 Å². The highest BCUT2D eigenvalue weighted by Gasteiger charge is 2.42. The predicted octanol–water partition coefficient (Wildman–Crippen LogP) is 2.10. The van der Waals surface area contributed by atoms with Crippen molar-refractivity contribution in [2.24, 2.45) is 5.41 Å². The summed E-state index contributed by atoms with van der Waals surface area (Å²) in [6.45, 7) is 2.43. The maximum Gasteiger partial charge on any atom is 0.311 e. The van der Waals surface area contributed by atoms with Crippen LogP contribution >= 0.6 is 0 Å². The number of nitrogens with one attached hydrogen (secondary N) is 1. The van der Waals surface area contributed by atoms with Crippen molar-refractivity contribution in [2.45, 2.75) is 13.3 Å². The van der Waals surface area contributed by atoms with Gasteiger partial charge in [0.05, 0.1) is 5.41 Å². The number of hydrogen-bond donors (Lipinski definition) is 2. The fourth-order valence-electron chi connectivity index (χ4n) is 2.67. The largest absolute Gasteiger partial charge is 0.481 e. The minimum Gasteiger partial charge on any atom is -0.481 e. The summed E-state index contributed by atoms with van der Waals surface area (Å²) in [5.41, 5.74) is 0.596. The van der Waals surface area contributed by atoms with Crippen LogP contribution < -0.4 is 0 Å². The summed E-state index contributed by atoms with van der Waals surface area (Å²) >= 11 is 0. The lowest BCUT2D eigenvalue weighted by Gasteiger charge is -2.19. The van der Waals surface area contributed by atoms with E-state index in [1.54, 1.807) is 11.8 Å². The molecule has 1 aromatic carbocycles. The zero-order valence-corrected chi connectivity index (χ0v) is 11.2. The number of carboxylic acid groups (broad SMARTS) is 1. The number of nitrogens with zero attached hydrogens (tertiary/aromatic N) is 1. The molecule has 1 aliphatic heterocycles. The average Bonchev–Trinajstić information content (AvgIpc) is 3.02. The fraction of sp³-hybridized carbons (Fsp3) is 0.333. The third-order valence-electron chi connectivity index (χ3n) is 4.04. The number of likely N-dealkylation sites (tertiary alicyclic amines) is 1. The van der Waals surface area contributed by atoms with Crippen molar-refractivity contribution >= 4 is 22.8 Å². The normalized spacial score (nSPS) is 22.4. The van der Waals surface area contributed by atoms with Gasteiger partial charge in [0.15, 0.2) is 0 Å². The van der Waals surface area contributed by atoms with E-state index in [1.165, 1.54) is 0 Å². The lowest BCUT2D eigenvalue weighted by atomic mass is 9.90. The Labute approximate surface area is 116 Å².